The van der Waals surface area contributed by atoms with Gasteiger partial charge in [0.25, 0.3) is 10.0 Å². The molecule has 21 heavy (non-hydrogen) atoms. The molecule has 0 bridgehead atoms. The summed E-state index contributed by atoms with van der Waals surface area (Å²) in [5.74, 6) is -0.0281. The van der Waals surface area contributed by atoms with E-state index in [2.05, 4.69) is 18.6 Å². The molecule has 2 aromatic carbocycles. The predicted octanol–water partition coefficient (Wildman–Crippen LogP) is 4.14. The summed E-state index contributed by atoms with van der Waals surface area (Å²) < 4.78 is 39.6. The molecule has 0 aliphatic carbocycles. The molecule has 0 saturated carbocycles. The molecule has 3 nitrogen and oxygen atoms in total. The van der Waals surface area contributed by atoms with Gasteiger partial charge in [0.05, 0.1) is 4.90 Å². The van der Waals surface area contributed by atoms with E-state index in [1.165, 1.54) is 17.7 Å². The summed E-state index contributed by atoms with van der Waals surface area (Å²) >= 11 is 0. The highest BCUT2D eigenvalue weighted by Gasteiger charge is 2.14. The Morgan fingerprint density at radius 3 is 2.14 bits per heavy atom. The zero-order chi connectivity index (χ0) is 15.5. The lowest BCUT2D eigenvalue weighted by molar-refractivity contribution is 0.599. The Kier molecular flexibility index (Phi) is 4.63. The fourth-order valence-electron chi connectivity index (χ4n) is 1.94. The van der Waals surface area contributed by atoms with Gasteiger partial charge in [-0.05, 0) is 54.3 Å². The highest BCUT2D eigenvalue weighted by atomic mass is 32.2. The molecular weight excluding hydrogens is 289 g/mol. The number of halogens is 1. The third kappa shape index (κ3) is 3.82. The first-order valence-corrected chi connectivity index (χ1v) is 8.29. The van der Waals surface area contributed by atoms with Crippen LogP contribution in [0.5, 0.6) is 0 Å². The summed E-state index contributed by atoms with van der Waals surface area (Å²) in [6, 6.07) is 12.0. The van der Waals surface area contributed by atoms with E-state index in [4.69, 9.17) is 0 Å². The van der Waals surface area contributed by atoms with Crippen LogP contribution in [0.3, 0.4) is 0 Å². The summed E-state index contributed by atoms with van der Waals surface area (Å²) in [4.78, 5) is 0.0369. The summed E-state index contributed by atoms with van der Waals surface area (Å²) in [5, 5.41) is 0. The molecule has 5 heteroatoms. The molecule has 0 radical (unpaired) electrons. The second-order valence-electron chi connectivity index (χ2n) is 4.99. The largest absolute Gasteiger partial charge is 0.280 e. The zero-order valence-electron chi connectivity index (χ0n) is 12.0. The van der Waals surface area contributed by atoms with Crippen molar-refractivity contribution in [2.75, 3.05) is 4.72 Å². The van der Waals surface area contributed by atoms with Gasteiger partial charge in [0, 0.05) is 5.69 Å². The number of hydrogen-bond donors (Lipinski definition) is 1. The summed E-state index contributed by atoms with van der Waals surface area (Å²) in [7, 11) is -3.69. The number of nitrogens with one attached hydrogen (secondary N) is 1. The maximum atomic E-state index is 12.8. The first kappa shape index (κ1) is 15.5. The zero-order valence-corrected chi connectivity index (χ0v) is 12.8. The van der Waals surface area contributed by atoms with Crippen molar-refractivity contribution in [1.29, 1.82) is 0 Å². The van der Waals surface area contributed by atoms with E-state index in [1.54, 1.807) is 12.1 Å². The maximum absolute atomic E-state index is 12.8. The van der Waals surface area contributed by atoms with E-state index in [9.17, 15) is 12.8 Å². The van der Waals surface area contributed by atoms with Crippen LogP contribution in [0.1, 0.15) is 31.7 Å². The first-order valence-electron chi connectivity index (χ1n) is 6.80. The minimum Gasteiger partial charge on any atom is -0.280 e. The molecule has 0 aliphatic heterocycles. The van der Waals surface area contributed by atoms with E-state index in [-0.39, 0.29) is 4.90 Å². The highest BCUT2D eigenvalue weighted by Crippen LogP contribution is 2.22. The third-order valence-electron chi connectivity index (χ3n) is 3.47. The van der Waals surface area contributed by atoms with Crippen molar-refractivity contribution >= 4 is 15.7 Å². The third-order valence-corrected chi connectivity index (χ3v) is 4.87. The van der Waals surface area contributed by atoms with Crippen molar-refractivity contribution < 1.29 is 12.8 Å². The summed E-state index contributed by atoms with van der Waals surface area (Å²) in [6.07, 6.45) is 1.03. The Hall–Kier alpha value is -1.88. The van der Waals surface area contributed by atoms with Gasteiger partial charge < -0.3 is 0 Å². The molecule has 0 fully saturated rings. The normalized spacial score (nSPS) is 12.9. The Bertz CT molecular complexity index is 694. The van der Waals surface area contributed by atoms with Crippen LogP contribution < -0.4 is 4.72 Å². The van der Waals surface area contributed by atoms with Gasteiger partial charge in [0.2, 0.25) is 0 Å². The van der Waals surface area contributed by atoms with Gasteiger partial charge in [-0.1, -0.05) is 26.0 Å². The van der Waals surface area contributed by atoms with Crippen molar-refractivity contribution in [2.24, 2.45) is 0 Å². The lowest BCUT2D eigenvalue weighted by Crippen LogP contribution is -2.12. The van der Waals surface area contributed by atoms with Gasteiger partial charge in [-0.3, -0.25) is 4.72 Å². The van der Waals surface area contributed by atoms with Crippen molar-refractivity contribution in [3.63, 3.8) is 0 Å². The van der Waals surface area contributed by atoms with Crippen molar-refractivity contribution in [2.45, 2.75) is 31.1 Å². The van der Waals surface area contributed by atoms with Crippen LogP contribution in [0.15, 0.2) is 53.4 Å². The molecule has 2 rings (SSSR count). The highest BCUT2D eigenvalue weighted by molar-refractivity contribution is 7.92. The number of anilines is 1. The van der Waals surface area contributed by atoms with Crippen LogP contribution in [-0.4, -0.2) is 8.42 Å². The van der Waals surface area contributed by atoms with Crippen molar-refractivity contribution in [3.05, 3.63) is 59.9 Å². The average molecular weight is 307 g/mol. The summed E-state index contributed by atoms with van der Waals surface area (Å²) in [6.45, 7) is 4.23. The Morgan fingerprint density at radius 1 is 1.05 bits per heavy atom. The molecule has 0 saturated heterocycles. The van der Waals surface area contributed by atoms with E-state index < -0.39 is 15.8 Å². The molecule has 0 aliphatic rings. The molecular formula is C16H18FNO2S. The Balaban J connectivity index is 2.19. The van der Waals surface area contributed by atoms with Gasteiger partial charge >= 0.3 is 0 Å². The number of benzene rings is 2. The van der Waals surface area contributed by atoms with E-state index in [0.717, 1.165) is 18.6 Å². The number of rotatable bonds is 5. The minimum absolute atomic E-state index is 0.0369. The predicted molar refractivity (Wildman–Crippen MR) is 82.4 cm³/mol. The van der Waals surface area contributed by atoms with Crippen LogP contribution in [0, 0.1) is 5.82 Å². The van der Waals surface area contributed by atoms with E-state index >= 15 is 0 Å². The quantitative estimate of drug-likeness (QED) is 0.902. The molecule has 0 amide bonds. The fourth-order valence-corrected chi connectivity index (χ4v) is 3.00. The number of sulfonamides is 1. The SMILES string of the molecule is CCC(C)c1ccc(NS(=O)(=O)c2ccc(F)cc2)cc1. The maximum Gasteiger partial charge on any atom is 0.261 e. The van der Waals surface area contributed by atoms with E-state index in [0.29, 0.717) is 11.6 Å². The topological polar surface area (TPSA) is 46.2 Å². The lowest BCUT2D eigenvalue weighted by Gasteiger charge is -2.11. The van der Waals surface area contributed by atoms with Crippen LogP contribution in [-0.2, 0) is 10.0 Å². The van der Waals surface area contributed by atoms with Crippen LogP contribution in [0.25, 0.3) is 0 Å². The first-order chi connectivity index (χ1) is 9.92. The van der Waals surface area contributed by atoms with Crippen molar-refractivity contribution in [1.82, 2.24) is 0 Å². The Labute approximate surface area is 124 Å². The minimum atomic E-state index is -3.69. The molecule has 0 aromatic heterocycles. The van der Waals surface area contributed by atoms with Gasteiger partial charge in [-0.2, -0.15) is 0 Å². The van der Waals surface area contributed by atoms with Crippen LogP contribution in [0.2, 0.25) is 0 Å². The smallest absolute Gasteiger partial charge is 0.261 e. The molecule has 1 atom stereocenters. The summed E-state index contributed by atoms with van der Waals surface area (Å²) in [5.41, 5.74) is 1.66. The standard InChI is InChI=1S/C16H18FNO2S/c1-3-12(2)13-4-8-15(9-5-13)18-21(19,20)16-10-6-14(17)7-11-16/h4-12,18H,3H2,1-2H3. The van der Waals surface area contributed by atoms with E-state index in [1.807, 2.05) is 12.1 Å². The molecule has 112 valence electrons. The number of hydrogen-bond acceptors (Lipinski definition) is 2. The monoisotopic (exact) mass is 307 g/mol. The second-order valence-corrected chi connectivity index (χ2v) is 6.67. The Morgan fingerprint density at radius 2 is 1.62 bits per heavy atom. The van der Waals surface area contributed by atoms with Gasteiger partial charge in [0.15, 0.2) is 0 Å². The van der Waals surface area contributed by atoms with Crippen LogP contribution >= 0.6 is 0 Å². The van der Waals surface area contributed by atoms with Gasteiger partial charge in [-0.15, -0.1) is 0 Å². The van der Waals surface area contributed by atoms with Gasteiger partial charge in [-0.25, -0.2) is 12.8 Å². The molecule has 2 aromatic rings. The van der Waals surface area contributed by atoms with Gasteiger partial charge in [0.1, 0.15) is 5.82 Å². The molecule has 0 spiro atoms. The van der Waals surface area contributed by atoms with Crippen LogP contribution in [0.4, 0.5) is 10.1 Å². The fraction of sp³-hybridized carbons (Fsp3) is 0.250. The lowest BCUT2D eigenvalue weighted by atomic mass is 9.99. The molecule has 1 unspecified atom stereocenters. The molecule has 1 N–H and O–H groups in total. The second kappa shape index (κ2) is 6.26. The average Bonchev–Trinajstić information content (AvgIpc) is 2.47. The van der Waals surface area contributed by atoms with Crippen molar-refractivity contribution in [3.8, 4) is 0 Å². The molecule has 0 heterocycles.